The van der Waals surface area contributed by atoms with E-state index in [0.29, 0.717) is 6.17 Å². The van der Waals surface area contributed by atoms with Gasteiger partial charge in [-0.1, -0.05) is 0 Å². The molecule has 1 radical (unpaired) electrons. The highest BCUT2D eigenvalue weighted by molar-refractivity contribution is 4.78. The molecule has 0 aromatic carbocycles. The van der Waals surface area contributed by atoms with Gasteiger partial charge in [-0.25, -0.2) is 5.32 Å². The van der Waals surface area contributed by atoms with Gasteiger partial charge in [-0.15, -0.1) is 0 Å². The molecule has 0 aromatic heterocycles. The summed E-state index contributed by atoms with van der Waals surface area (Å²) in [5.41, 5.74) is 0. The van der Waals surface area contributed by atoms with Crippen LogP contribution in [0.25, 0.3) is 0 Å². The van der Waals surface area contributed by atoms with Crippen molar-refractivity contribution in [1.29, 1.82) is 0 Å². The molecule has 2 rings (SSSR count). The number of hydrogen-bond donors (Lipinski definition) is 1. The van der Waals surface area contributed by atoms with Crippen molar-refractivity contribution < 1.29 is 0 Å². The number of hydrogen-bond acceptors (Lipinski definition) is 2. The molecular weight excluding hydrogens is 126 g/mol. The average molecular weight is 140 g/mol. The molecule has 0 spiro atoms. The summed E-state index contributed by atoms with van der Waals surface area (Å²) in [7, 11) is 0. The van der Waals surface area contributed by atoms with E-state index in [0.717, 1.165) is 19.8 Å². The second kappa shape index (κ2) is 2.86. The Morgan fingerprint density at radius 1 is 1.50 bits per heavy atom. The van der Waals surface area contributed by atoms with Crippen molar-refractivity contribution in [3.8, 4) is 0 Å². The molecule has 0 bridgehead atoms. The van der Waals surface area contributed by atoms with Crippen LogP contribution in [-0.2, 0) is 0 Å². The lowest BCUT2D eigenvalue weighted by molar-refractivity contribution is 0.220. The van der Waals surface area contributed by atoms with Gasteiger partial charge in [0.25, 0.3) is 0 Å². The summed E-state index contributed by atoms with van der Waals surface area (Å²) in [6, 6.07) is 0. The third-order valence-corrected chi connectivity index (χ3v) is 2.27. The van der Waals surface area contributed by atoms with Gasteiger partial charge in [-0.3, -0.25) is 4.90 Å². The first kappa shape index (κ1) is 6.58. The topological polar surface area (TPSA) is 29.4 Å². The summed E-state index contributed by atoms with van der Waals surface area (Å²) >= 11 is 0. The van der Waals surface area contributed by atoms with Crippen LogP contribution in [0.3, 0.4) is 0 Å². The molecule has 3 nitrogen and oxygen atoms in total. The average Bonchev–Trinajstić information content (AvgIpc) is 2.59. The summed E-state index contributed by atoms with van der Waals surface area (Å²) in [5, 5.41) is 7.82. The predicted octanol–water partition coefficient (Wildman–Crippen LogP) is -0.427. The van der Waals surface area contributed by atoms with Crippen LogP contribution in [0.4, 0.5) is 0 Å². The molecule has 2 heterocycles. The highest BCUT2D eigenvalue weighted by atomic mass is 15.4. The Morgan fingerprint density at radius 3 is 3.10 bits per heavy atom. The Kier molecular flexibility index (Phi) is 1.88. The first-order chi connectivity index (χ1) is 4.97. The number of nitrogens with one attached hydrogen (secondary N) is 1. The van der Waals surface area contributed by atoms with E-state index in [4.69, 9.17) is 0 Å². The Bertz CT molecular complexity index is 89.4. The van der Waals surface area contributed by atoms with E-state index in [9.17, 15) is 0 Å². The van der Waals surface area contributed by atoms with E-state index in [1.807, 2.05) is 0 Å². The molecule has 0 aliphatic carbocycles. The van der Waals surface area contributed by atoms with Crippen LogP contribution in [-0.4, -0.2) is 37.4 Å². The van der Waals surface area contributed by atoms with E-state index >= 15 is 0 Å². The molecule has 10 heavy (non-hydrogen) atoms. The smallest absolute Gasteiger partial charge is 0.0771 e. The maximum Gasteiger partial charge on any atom is 0.0771 e. The minimum absolute atomic E-state index is 0.551. The summed E-state index contributed by atoms with van der Waals surface area (Å²) in [6.45, 7) is 4.47. The molecule has 2 fully saturated rings. The van der Waals surface area contributed by atoms with Gasteiger partial charge in [-0.2, -0.15) is 0 Å². The van der Waals surface area contributed by atoms with E-state index in [1.54, 1.807) is 0 Å². The molecule has 1 unspecified atom stereocenters. The fourth-order valence-electron chi connectivity index (χ4n) is 1.68. The molecule has 57 valence electrons. The Labute approximate surface area is 61.8 Å². The maximum atomic E-state index is 4.50. The summed E-state index contributed by atoms with van der Waals surface area (Å²) in [5.74, 6) is 0. The van der Waals surface area contributed by atoms with E-state index in [1.165, 1.54) is 19.4 Å². The third kappa shape index (κ3) is 1.17. The molecule has 0 aromatic rings. The number of rotatable bonds is 1. The fourth-order valence-corrected chi connectivity index (χ4v) is 1.68. The standard InChI is InChI=1S/C7H14N3/c1-2-7(9-3-1)10-5-4-8-6-10/h7-8H,1-6H2. The second-order valence-electron chi connectivity index (χ2n) is 3.00. The molecule has 2 aliphatic heterocycles. The van der Waals surface area contributed by atoms with Gasteiger partial charge in [0.15, 0.2) is 0 Å². The van der Waals surface area contributed by atoms with Crippen molar-refractivity contribution in [2.75, 3.05) is 26.3 Å². The molecule has 0 amide bonds. The monoisotopic (exact) mass is 140 g/mol. The van der Waals surface area contributed by atoms with Crippen molar-refractivity contribution in [1.82, 2.24) is 15.5 Å². The Hall–Kier alpha value is -0.120. The number of nitrogens with zero attached hydrogens (tertiary/aromatic N) is 2. The van der Waals surface area contributed by atoms with Gasteiger partial charge in [0.1, 0.15) is 0 Å². The van der Waals surface area contributed by atoms with Crippen LogP contribution in [0, 0.1) is 0 Å². The normalized spacial score (nSPS) is 35.4. The zero-order valence-corrected chi connectivity index (χ0v) is 6.21. The van der Waals surface area contributed by atoms with E-state index in [2.05, 4.69) is 15.5 Å². The van der Waals surface area contributed by atoms with E-state index < -0.39 is 0 Å². The van der Waals surface area contributed by atoms with Crippen molar-refractivity contribution >= 4 is 0 Å². The first-order valence-electron chi connectivity index (χ1n) is 4.08. The minimum atomic E-state index is 0.551. The quantitative estimate of drug-likeness (QED) is 0.535. The summed E-state index contributed by atoms with van der Waals surface area (Å²) in [6.07, 6.45) is 3.12. The van der Waals surface area contributed by atoms with Crippen LogP contribution in [0.15, 0.2) is 0 Å². The summed E-state index contributed by atoms with van der Waals surface area (Å²) < 4.78 is 0. The molecule has 0 saturated carbocycles. The zero-order chi connectivity index (χ0) is 6.81. The lowest BCUT2D eigenvalue weighted by Gasteiger charge is -2.20. The van der Waals surface area contributed by atoms with Crippen molar-refractivity contribution in [2.45, 2.75) is 19.0 Å². The molecular formula is C7H14N3. The van der Waals surface area contributed by atoms with Crippen molar-refractivity contribution in [2.24, 2.45) is 0 Å². The van der Waals surface area contributed by atoms with Crippen LogP contribution in [0.5, 0.6) is 0 Å². The molecule has 2 aliphatic rings. The van der Waals surface area contributed by atoms with Crippen LogP contribution < -0.4 is 10.6 Å². The largest absolute Gasteiger partial charge is 0.303 e. The maximum absolute atomic E-state index is 4.50. The SMILES string of the molecule is C1C[N]C(N2CCNC2)C1. The van der Waals surface area contributed by atoms with Gasteiger partial charge >= 0.3 is 0 Å². The van der Waals surface area contributed by atoms with E-state index in [-0.39, 0.29) is 0 Å². The van der Waals surface area contributed by atoms with Crippen LogP contribution >= 0.6 is 0 Å². The van der Waals surface area contributed by atoms with Gasteiger partial charge in [-0.05, 0) is 12.8 Å². The van der Waals surface area contributed by atoms with Crippen molar-refractivity contribution in [3.05, 3.63) is 0 Å². The highest BCUT2D eigenvalue weighted by Crippen LogP contribution is 2.12. The fraction of sp³-hybridized carbons (Fsp3) is 1.00. The first-order valence-corrected chi connectivity index (χ1v) is 4.08. The minimum Gasteiger partial charge on any atom is -0.303 e. The van der Waals surface area contributed by atoms with Crippen LogP contribution in [0.1, 0.15) is 12.8 Å². The second-order valence-corrected chi connectivity index (χ2v) is 3.00. The zero-order valence-electron chi connectivity index (χ0n) is 6.21. The Balaban J connectivity index is 1.85. The highest BCUT2D eigenvalue weighted by Gasteiger charge is 2.24. The molecule has 1 atom stereocenters. The molecule has 2 saturated heterocycles. The third-order valence-electron chi connectivity index (χ3n) is 2.27. The van der Waals surface area contributed by atoms with Gasteiger partial charge in [0.05, 0.1) is 6.17 Å². The molecule has 1 N–H and O–H groups in total. The van der Waals surface area contributed by atoms with Crippen LogP contribution in [0.2, 0.25) is 0 Å². The van der Waals surface area contributed by atoms with Gasteiger partial charge in [0, 0.05) is 26.3 Å². The molecule has 3 heteroatoms. The predicted molar refractivity (Wildman–Crippen MR) is 39.6 cm³/mol. The van der Waals surface area contributed by atoms with Gasteiger partial charge in [0.2, 0.25) is 0 Å². The lowest BCUT2D eigenvalue weighted by Crippen LogP contribution is -2.37. The lowest BCUT2D eigenvalue weighted by atomic mass is 10.3. The van der Waals surface area contributed by atoms with Gasteiger partial charge < -0.3 is 5.32 Å². The van der Waals surface area contributed by atoms with Crippen molar-refractivity contribution in [3.63, 3.8) is 0 Å². The summed E-state index contributed by atoms with van der Waals surface area (Å²) in [4.78, 5) is 2.42. The Morgan fingerprint density at radius 2 is 2.50 bits per heavy atom.